The van der Waals surface area contributed by atoms with Crippen molar-refractivity contribution in [3.05, 3.63) is 101 Å². The van der Waals surface area contributed by atoms with Crippen molar-refractivity contribution < 1.29 is 13.9 Å². The van der Waals surface area contributed by atoms with Crippen molar-refractivity contribution in [2.24, 2.45) is 0 Å². The first-order chi connectivity index (χ1) is 15.9. The number of nitrogens with one attached hydrogen (secondary N) is 1. The number of hydrogen-bond acceptors (Lipinski definition) is 3. The van der Waals surface area contributed by atoms with Gasteiger partial charge < -0.3 is 10.1 Å². The summed E-state index contributed by atoms with van der Waals surface area (Å²) in [4.78, 5) is 15.5. The van der Waals surface area contributed by atoms with Crippen LogP contribution in [0, 0.1) is 5.82 Å². The number of carbonyl (C=O) groups excluding carboxylic acids is 1. The molecule has 172 valence electrons. The average molecular weight is 467 g/mol. The van der Waals surface area contributed by atoms with Crippen molar-refractivity contribution in [2.75, 3.05) is 13.1 Å². The van der Waals surface area contributed by atoms with Crippen LogP contribution in [0.25, 0.3) is 0 Å². The Morgan fingerprint density at radius 1 is 1.09 bits per heavy atom. The molecular formula is C27H28ClFN2O2. The highest BCUT2D eigenvalue weighted by atomic mass is 35.5. The summed E-state index contributed by atoms with van der Waals surface area (Å²) in [5, 5.41) is 4.20. The maximum absolute atomic E-state index is 13.6. The van der Waals surface area contributed by atoms with Crippen molar-refractivity contribution in [3.8, 4) is 5.75 Å². The SMILES string of the molecule is CC(C)N(C(=O)Oc1ccc(F)cc1)[C@]1(Cc2ccccc2)CNC[C@H]1c1ccc(Cl)cc1. The summed E-state index contributed by atoms with van der Waals surface area (Å²) in [5.41, 5.74) is 1.68. The van der Waals surface area contributed by atoms with Gasteiger partial charge in [0.25, 0.3) is 0 Å². The molecule has 0 bridgehead atoms. The average Bonchev–Trinajstić information content (AvgIpc) is 3.20. The van der Waals surface area contributed by atoms with Crippen LogP contribution in [0.2, 0.25) is 5.02 Å². The van der Waals surface area contributed by atoms with Crippen molar-refractivity contribution in [3.63, 3.8) is 0 Å². The van der Waals surface area contributed by atoms with Crippen LogP contribution in [0.4, 0.5) is 9.18 Å². The van der Waals surface area contributed by atoms with E-state index in [0.29, 0.717) is 23.7 Å². The molecule has 2 atom stereocenters. The molecule has 1 aliphatic rings. The molecule has 1 fully saturated rings. The summed E-state index contributed by atoms with van der Waals surface area (Å²) >= 11 is 6.16. The molecule has 0 unspecified atom stereocenters. The van der Waals surface area contributed by atoms with Crippen molar-refractivity contribution in [1.82, 2.24) is 10.2 Å². The maximum atomic E-state index is 13.6. The normalized spacial score (nSPS) is 20.1. The Hall–Kier alpha value is -2.89. The van der Waals surface area contributed by atoms with E-state index in [-0.39, 0.29) is 17.8 Å². The van der Waals surface area contributed by atoms with Crippen molar-refractivity contribution in [1.29, 1.82) is 0 Å². The Balaban J connectivity index is 1.76. The van der Waals surface area contributed by atoms with E-state index in [1.54, 1.807) is 0 Å². The summed E-state index contributed by atoms with van der Waals surface area (Å²) in [6, 6.07) is 23.4. The minimum Gasteiger partial charge on any atom is -0.410 e. The zero-order chi connectivity index (χ0) is 23.4. The molecule has 0 radical (unpaired) electrons. The third-order valence-corrected chi connectivity index (χ3v) is 6.52. The highest BCUT2D eigenvalue weighted by molar-refractivity contribution is 6.30. The zero-order valence-corrected chi connectivity index (χ0v) is 19.6. The van der Waals surface area contributed by atoms with Crippen molar-refractivity contribution in [2.45, 2.75) is 37.8 Å². The molecule has 33 heavy (non-hydrogen) atoms. The fourth-order valence-corrected chi connectivity index (χ4v) is 5.03. The molecule has 4 nitrogen and oxygen atoms in total. The lowest BCUT2D eigenvalue weighted by atomic mass is 9.76. The molecule has 3 aromatic carbocycles. The number of hydrogen-bond donors (Lipinski definition) is 1. The van der Waals surface area contributed by atoms with Gasteiger partial charge in [0.1, 0.15) is 11.6 Å². The van der Waals surface area contributed by atoms with E-state index in [9.17, 15) is 9.18 Å². The highest BCUT2D eigenvalue weighted by Crippen LogP contribution is 2.41. The first-order valence-corrected chi connectivity index (χ1v) is 11.5. The minimum absolute atomic E-state index is 0.0261. The summed E-state index contributed by atoms with van der Waals surface area (Å²) in [6.07, 6.45) is 0.209. The number of halogens is 2. The molecule has 4 rings (SSSR count). The predicted molar refractivity (Wildman–Crippen MR) is 129 cm³/mol. The fraction of sp³-hybridized carbons (Fsp3) is 0.296. The monoisotopic (exact) mass is 466 g/mol. The van der Waals surface area contributed by atoms with Crippen LogP contribution < -0.4 is 10.1 Å². The highest BCUT2D eigenvalue weighted by Gasteiger charge is 2.51. The minimum atomic E-state index is -0.569. The lowest BCUT2D eigenvalue weighted by Crippen LogP contribution is -2.61. The Morgan fingerprint density at radius 3 is 2.39 bits per heavy atom. The van der Waals surface area contributed by atoms with Gasteiger partial charge in [0, 0.05) is 30.1 Å². The number of nitrogens with zero attached hydrogens (tertiary/aromatic N) is 1. The second kappa shape index (κ2) is 9.94. The Bertz CT molecular complexity index is 1070. The third kappa shape index (κ3) is 5.05. The Labute approximate surface area is 199 Å². The second-order valence-electron chi connectivity index (χ2n) is 8.79. The van der Waals surface area contributed by atoms with E-state index in [1.807, 2.05) is 61.2 Å². The van der Waals surface area contributed by atoms with Crippen LogP contribution in [0.15, 0.2) is 78.9 Å². The van der Waals surface area contributed by atoms with Gasteiger partial charge in [-0.05, 0) is 67.8 Å². The molecule has 1 N–H and O–H groups in total. The zero-order valence-electron chi connectivity index (χ0n) is 18.8. The molecule has 1 amide bonds. The van der Waals surface area contributed by atoms with Gasteiger partial charge in [-0.1, -0.05) is 54.1 Å². The smallest absolute Gasteiger partial charge is 0.410 e. The largest absolute Gasteiger partial charge is 0.416 e. The molecular weight excluding hydrogens is 439 g/mol. The van der Waals surface area contributed by atoms with E-state index in [1.165, 1.54) is 24.3 Å². The quantitative estimate of drug-likeness (QED) is 0.480. The summed E-state index contributed by atoms with van der Waals surface area (Å²) in [5.74, 6) is -0.0343. The molecule has 3 aromatic rings. The van der Waals surface area contributed by atoms with Gasteiger partial charge in [-0.15, -0.1) is 0 Å². The van der Waals surface area contributed by atoms with Crippen LogP contribution in [-0.2, 0) is 6.42 Å². The van der Waals surface area contributed by atoms with Gasteiger partial charge >= 0.3 is 6.09 Å². The molecule has 0 aliphatic carbocycles. The molecule has 0 spiro atoms. The molecule has 6 heteroatoms. The first kappa shape index (κ1) is 23.3. The summed E-state index contributed by atoms with van der Waals surface area (Å²) in [7, 11) is 0. The van der Waals surface area contributed by atoms with Crippen LogP contribution in [0.1, 0.15) is 30.9 Å². The molecule has 0 aromatic heterocycles. The van der Waals surface area contributed by atoms with E-state index in [2.05, 4.69) is 17.4 Å². The molecule has 1 saturated heterocycles. The maximum Gasteiger partial charge on any atom is 0.416 e. The van der Waals surface area contributed by atoms with Gasteiger partial charge in [-0.25, -0.2) is 9.18 Å². The van der Waals surface area contributed by atoms with Gasteiger partial charge in [-0.3, -0.25) is 4.90 Å². The topological polar surface area (TPSA) is 41.6 Å². The van der Waals surface area contributed by atoms with E-state index < -0.39 is 11.6 Å². The Morgan fingerprint density at radius 2 is 1.76 bits per heavy atom. The lowest BCUT2D eigenvalue weighted by Gasteiger charge is -2.46. The van der Waals surface area contributed by atoms with E-state index >= 15 is 0 Å². The third-order valence-electron chi connectivity index (χ3n) is 6.27. The van der Waals surface area contributed by atoms with Crippen LogP contribution in [0.5, 0.6) is 5.75 Å². The number of benzene rings is 3. The number of rotatable bonds is 6. The van der Waals surface area contributed by atoms with Crippen LogP contribution in [0.3, 0.4) is 0 Å². The summed E-state index contributed by atoms with van der Waals surface area (Å²) in [6.45, 7) is 5.33. The lowest BCUT2D eigenvalue weighted by molar-refractivity contribution is 0.0588. The molecule has 1 heterocycles. The number of carbonyl (C=O) groups is 1. The molecule has 1 aliphatic heterocycles. The standard InChI is InChI=1S/C27H28ClFN2O2/c1-19(2)31(26(32)33-24-14-12-23(29)13-15-24)27(16-20-6-4-3-5-7-20)18-30-17-25(27)21-8-10-22(28)11-9-21/h3-15,19,25,30H,16-18H2,1-2H3/t25-,27+/m0/s1. The van der Waals surface area contributed by atoms with Gasteiger partial charge in [-0.2, -0.15) is 0 Å². The van der Waals surface area contributed by atoms with Crippen molar-refractivity contribution >= 4 is 17.7 Å². The van der Waals surface area contributed by atoms with Crippen LogP contribution >= 0.6 is 11.6 Å². The van der Waals surface area contributed by atoms with Gasteiger partial charge in [0.2, 0.25) is 0 Å². The first-order valence-electron chi connectivity index (χ1n) is 11.2. The van der Waals surface area contributed by atoms with Crippen LogP contribution in [-0.4, -0.2) is 35.7 Å². The summed E-state index contributed by atoms with van der Waals surface area (Å²) < 4.78 is 19.1. The van der Waals surface area contributed by atoms with Gasteiger partial charge in [0.05, 0.1) is 5.54 Å². The van der Waals surface area contributed by atoms with E-state index in [0.717, 1.165) is 17.7 Å². The number of ether oxygens (including phenoxy) is 1. The Kier molecular flexibility index (Phi) is 7.01. The molecule has 0 saturated carbocycles. The number of amides is 1. The van der Waals surface area contributed by atoms with Gasteiger partial charge in [0.15, 0.2) is 0 Å². The fourth-order valence-electron chi connectivity index (χ4n) is 4.90. The predicted octanol–water partition coefficient (Wildman–Crippen LogP) is 6.06. The van der Waals surface area contributed by atoms with E-state index in [4.69, 9.17) is 16.3 Å². The second-order valence-corrected chi connectivity index (χ2v) is 9.22.